The normalized spacial score (nSPS) is 24.1. The Balaban J connectivity index is 1.13. The number of nitrogens with zero attached hydrogens (tertiary/aromatic N) is 5. The van der Waals surface area contributed by atoms with E-state index in [-0.39, 0.29) is 102 Å². The number of primary amides is 2. The van der Waals surface area contributed by atoms with E-state index in [9.17, 15) is 58.5 Å². The summed E-state index contributed by atoms with van der Waals surface area (Å²) in [6.45, 7) is 7.91. The Bertz CT molecular complexity index is 5470. The molecule has 0 spiro atoms. The van der Waals surface area contributed by atoms with Crippen molar-refractivity contribution in [2.24, 2.45) is 28.9 Å². The lowest BCUT2D eigenvalue weighted by atomic mass is 9.96. The van der Waals surface area contributed by atoms with Crippen molar-refractivity contribution in [3.63, 3.8) is 0 Å². The number of rotatable bonds is 29. The lowest BCUT2D eigenvalue weighted by Crippen LogP contribution is -2.62. The van der Waals surface area contributed by atoms with Gasteiger partial charge in [-0.25, -0.2) is 0 Å². The highest BCUT2D eigenvalue weighted by Crippen LogP contribution is 2.34. The molecule has 5 heterocycles. The lowest BCUT2D eigenvalue weighted by molar-refractivity contribution is -0.149. The fraction of sp³-hybridized carbons (Fsp3) is 0.526. The van der Waals surface area contributed by atoms with E-state index in [1.165, 1.54) is 52.3 Å². The lowest BCUT2D eigenvalue weighted by Gasteiger charge is -2.36. The van der Waals surface area contributed by atoms with E-state index in [1.807, 2.05) is 20.8 Å². The quantitative estimate of drug-likeness (QED) is 0.0145. The molecule has 0 bridgehead atoms. The van der Waals surface area contributed by atoms with Crippen molar-refractivity contribution in [2.45, 2.75) is 241 Å². The molecule has 44 nitrogen and oxygen atoms in total. The van der Waals surface area contributed by atoms with Crippen LogP contribution in [0.5, 0.6) is 11.5 Å². The first-order chi connectivity index (χ1) is 67.7. The fourth-order valence-corrected chi connectivity index (χ4v) is 18.5. The molecule has 45 heteroatoms. The first-order valence-corrected chi connectivity index (χ1v) is 49.1. The molecule has 17 amide bonds. The summed E-state index contributed by atoms with van der Waals surface area (Å²) in [5.41, 5.74) is 26.6. The summed E-state index contributed by atoms with van der Waals surface area (Å²) in [5.74, 6) is -17.7. The standard InChI is InChI=1S/C97H137N23O21S/c1-10-13-26-75-89(133)108-66(25-19-39-103-97(101)102)85(129)115-74(84(128)105-48-80(100)125)51-142-52-81(126)106-70(42-55-29-33-58(122)34-30-55)92(136)116(7)54(6)83(127)111-72(46-79(99)124)94(138)119-40-20-28-76(119)90(134)109-67(37-38-98)86(130)112-69(41-53(4)5)95(139)120-49-59(123)44-78(120)91(135)110-68(43-57-47-104-64-23-17-15-21-61(57)64)87(131)114-73(50-121)88(132)113-71(93(137)118(9)77(27-14-11-2)96(140)117(75)8)45-63-62-22-16-18-24-65(62)107-82(63)56-31-35-60(36-32-56)141-12-3/h15-18,21-24,29-36,47,53-54,59,66-78,104,107,121-123H,10-14,19-20,25-28,37-46,48-52,98H2,1-9H3,(H2,99,124)(H2,100,125)(H,105,128)(H,106,126)(H,108,133)(H,109,134)(H,110,135)(H,111,127)(H,112,130)(H,113,132)(H,114,131)(H,115,129)(H4,101,102,103)/t54?,59-,66?,67?,68?,69?,70?,71?,72?,73?,74?,75?,76?,77?,78?/m1/s1. The molecule has 3 saturated heterocycles. The molecule has 3 fully saturated rings. The number of nitrogens with one attached hydrogen (secondary N) is 14. The summed E-state index contributed by atoms with van der Waals surface area (Å²) in [6.07, 6.45) is -0.868. The highest BCUT2D eigenvalue weighted by molar-refractivity contribution is 8.00. The number of thioether (sulfide) groups is 1. The molecule has 0 aliphatic carbocycles. The summed E-state index contributed by atoms with van der Waals surface area (Å²) in [6, 6.07) is 4.68. The Morgan fingerprint density at radius 3 is 1.78 bits per heavy atom. The predicted octanol–water partition coefficient (Wildman–Crippen LogP) is -1.48. The van der Waals surface area contributed by atoms with E-state index in [1.54, 1.807) is 92.8 Å². The summed E-state index contributed by atoms with van der Waals surface area (Å²) in [7, 11) is 3.91. The molecule has 2 aromatic heterocycles. The minimum Gasteiger partial charge on any atom is -0.508 e. The summed E-state index contributed by atoms with van der Waals surface area (Å²) < 4.78 is 5.80. The number of aliphatic hydroxyl groups excluding tert-OH is 2. The number of aromatic amines is 2. The van der Waals surface area contributed by atoms with Crippen LogP contribution in [0.4, 0.5) is 0 Å². The number of phenols is 1. The van der Waals surface area contributed by atoms with E-state index >= 15 is 38.4 Å². The number of phenolic OH excluding ortho intramolecular Hbond substituents is 1. The number of amides is 17. The molecule has 3 aliphatic heterocycles. The molecule has 15 atom stereocenters. The predicted molar refractivity (Wildman–Crippen MR) is 528 cm³/mol. The molecule has 6 aromatic rings. The van der Waals surface area contributed by atoms with Crippen molar-refractivity contribution in [2.75, 3.05) is 78.6 Å². The highest BCUT2D eigenvalue weighted by Gasteiger charge is 2.47. The molecular formula is C97H137N23O21S. The number of guanidine groups is 1. The van der Waals surface area contributed by atoms with Gasteiger partial charge in [-0.15, -0.1) is 11.8 Å². The van der Waals surface area contributed by atoms with Crippen LogP contribution in [-0.4, -0.2) is 325 Å². The van der Waals surface area contributed by atoms with Crippen LogP contribution in [0.15, 0.2) is 103 Å². The van der Waals surface area contributed by atoms with E-state index in [0.29, 0.717) is 87.8 Å². The van der Waals surface area contributed by atoms with E-state index in [4.69, 9.17) is 33.1 Å². The van der Waals surface area contributed by atoms with Crippen LogP contribution in [0.1, 0.15) is 148 Å². The second-order valence-corrected chi connectivity index (χ2v) is 37.4. The van der Waals surface area contributed by atoms with Crippen LogP contribution in [-0.2, 0) is 101 Å². The Morgan fingerprint density at radius 2 is 1.13 bits per heavy atom. The third kappa shape index (κ3) is 30.8. The largest absolute Gasteiger partial charge is 0.508 e. The van der Waals surface area contributed by atoms with Crippen LogP contribution in [0.3, 0.4) is 0 Å². The van der Waals surface area contributed by atoms with Gasteiger partial charge in [0.25, 0.3) is 0 Å². The number of carbonyl (C=O) groups excluding carboxylic acids is 17. The summed E-state index contributed by atoms with van der Waals surface area (Å²) in [5, 5.41) is 71.4. The monoisotopic (exact) mass is 1990 g/mol. The van der Waals surface area contributed by atoms with Crippen LogP contribution in [0.25, 0.3) is 33.1 Å². The third-order valence-electron chi connectivity index (χ3n) is 25.4. The molecule has 3 aliphatic rings. The Hall–Kier alpha value is -14.0. The van der Waals surface area contributed by atoms with Gasteiger partial charge in [-0.3, -0.25) is 86.9 Å². The second kappa shape index (κ2) is 53.6. The average molecular weight is 1990 g/mol. The SMILES string of the molecule is CCCCC1C(=O)N(C)C(CCCC)C(=O)NC(CCCNC(=N)N)C(=O)NC(C(=O)NCC(N)=O)CSCC(=O)NC(Cc2ccc(O)cc2)C(=O)N(C)C(C)C(=O)NC(CC(N)=O)C(=O)N2CCCC2C(=O)NC(CCN)C(=O)NC(CC(C)C)C(=O)N2C[C@H](O)CC2C(=O)NC(Cc2c[nH]c3ccccc23)C(=O)NC(CO)C(=O)NC(Cc2c(-c3ccc(OCC)cc3)[nH]c3ccccc23)C(=O)N1C. The first kappa shape index (κ1) is 112. The summed E-state index contributed by atoms with van der Waals surface area (Å²) >= 11 is 0.758. The van der Waals surface area contributed by atoms with Gasteiger partial charge >= 0.3 is 0 Å². The number of carbonyl (C=O) groups is 17. The minimum atomic E-state index is -1.94. The number of fused-ring (bicyclic) bond motifs is 4. The van der Waals surface area contributed by atoms with Crippen molar-refractivity contribution < 1.29 is 102 Å². The van der Waals surface area contributed by atoms with Gasteiger partial charge < -0.3 is 136 Å². The van der Waals surface area contributed by atoms with Crippen molar-refractivity contribution in [1.82, 2.24) is 93.0 Å². The van der Waals surface area contributed by atoms with Gasteiger partial charge in [-0.05, 0) is 148 Å². The highest BCUT2D eigenvalue weighted by atomic mass is 32.2. The van der Waals surface area contributed by atoms with Crippen molar-refractivity contribution >= 4 is 140 Å². The molecule has 14 unspecified atom stereocenters. The van der Waals surface area contributed by atoms with E-state index < -0.39 is 241 Å². The maximum Gasteiger partial charge on any atom is 0.246 e. The number of ether oxygens (including phenoxy) is 1. The van der Waals surface area contributed by atoms with Gasteiger partial charge in [0.05, 0.1) is 38.0 Å². The molecular weight excluding hydrogens is 1860 g/mol. The first-order valence-electron chi connectivity index (χ1n) is 48.0. The second-order valence-electron chi connectivity index (χ2n) is 36.4. The van der Waals surface area contributed by atoms with Crippen molar-refractivity contribution in [1.29, 1.82) is 5.41 Å². The zero-order chi connectivity index (χ0) is 104. The van der Waals surface area contributed by atoms with Crippen LogP contribution < -0.4 is 86.2 Å². The number of aromatic nitrogens is 2. The molecule has 9 rings (SSSR count). The number of benzene rings is 4. The number of aliphatic hydroxyl groups is 2. The van der Waals surface area contributed by atoms with Gasteiger partial charge in [0.1, 0.15) is 96.1 Å². The van der Waals surface area contributed by atoms with Gasteiger partial charge in [0.15, 0.2) is 5.96 Å². The number of unbranched alkanes of at least 4 members (excludes halogenated alkanes) is 2. The Kier molecular flexibility index (Phi) is 42.2. The third-order valence-corrected chi connectivity index (χ3v) is 26.4. The molecule has 25 N–H and O–H groups in total. The van der Waals surface area contributed by atoms with E-state index in [2.05, 4.69) is 68.5 Å². The Morgan fingerprint density at radius 1 is 0.563 bits per heavy atom. The average Bonchev–Trinajstić information content (AvgIpc) is 1.49. The minimum absolute atomic E-state index is 0.0132. The van der Waals surface area contributed by atoms with Crippen LogP contribution in [0.2, 0.25) is 0 Å². The van der Waals surface area contributed by atoms with Gasteiger partial charge in [0, 0.05) is 106 Å². The number of nitrogens with two attached hydrogens (primary N) is 4. The molecule has 0 saturated carbocycles. The molecule has 772 valence electrons. The van der Waals surface area contributed by atoms with Gasteiger partial charge in [-0.2, -0.15) is 0 Å². The molecule has 0 radical (unpaired) electrons. The van der Waals surface area contributed by atoms with Crippen molar-refractivity contribution in [3.8, 4) is 22.8 Å². The van der Waals surface area contributed by atoms with Gasteiger partial charge in [-0.1, -0.05) is 102 Å². The molecule has 4 aromatic carbocycles. The maximum absolute atomic E-state index is 16.3. The van der Waals surface area contributed by atoms with Gasteiger partial charge in [0.2, 0.25) is 100 Å². The van der Waals surface area contributed by atoms with Crippen LogP contribution >= 0.6 is 11.8 Å². The van der Waals surface area contributed by atoms with Crippen molar-refractivity contribution in [3.05, 3.63) is 120 Å². The number of hydrogen-bond donors (Lipinski definition) is 21. The van der Waals surface area contributed by atoms with Crippen LogP contribution in [0, 0.1) is 11.3 Å². The number of likely N-dealkylation sites (N-methyl/N-ethyl adjacent to an activating group) is 3. The number of para-hydroxylation sites is 2. The fourth-order valence-electron chi connectivity index (χ4n) is 17.6. The number of aromatic hydroxyl groups is 1. The number of H-pyrrole nitrogens is 2. The zero-order valence-electron chi connectivity index (χ0n) is 81.6. The Labute approximate surface area is 827 Å². The zero-order valence-corrected chi connectivity index (χ0v) is 82.4. The molecule has 142 heavy (non-hydrogen) atoms. The maximum atomic E-state index is 16.3. The topological polar surface area (TPSA) is 668 Å². The number of hydrogen-bond acceptors (Lipinski definition) is 24. The summed E-state index contributed by atoms with van der Waals surface area (Å²) in [4.78, 5) is 264. The van der Waals surface area contributed by atoms with E-state index in [0.717, 1.165) is 36.3 Å². The smallest absolute Gasteiger partial charge is 0.246 e.